The first-order valence-electron chi connectivity index (χ1n) is 6.62. The van der Waals surface area contributed by atoms with E-state index in [1.54, 1.807) is 36.4 Å². The van der Waals surface area contributed by atoms with Crippen LogP contribution < -0.4 is 10.7 Å². The van der Waals surface area contributed by atoms with E-state index in [9.17, 15) is 9.59 Å². The molecule has 0 spiro atoms. The van der Waals surface area contributed by atoms with Crippen molar-refractivity contribution < 1.29 is 9.59 Å². The van der Waals surface area contributed by atoms with Crippen LogP contribution in [0.1, 0.15) is 11.1 Å². The fourth-order valence-electron chi connectivity index (χ4n) is 1.75. The van der Waals surface area contributed by atoms with Gasteiger partial charge in [0.1, 0.15) is 0 Å². The largest absolute Gasteiger partial charge is 0.329 e. The van der Waals surface area contributed by atoms with Crippen LogP contribution in [0.15, 0.2) is 47.6 Å². The number of aryl methyl sites for hydroxylation is 1. The van der Waals surface area contributed by atoms with Gasteiger partial charge in [0.05, 0.1) is 16.3 Å². The molecule has 0 unspecified atom stereocenters. The predicted octanol–water partition coefficient (Wildman–Crippen LogP) is 3.39. The summed E-state index contributed by atoms with van der Waals surface area (Å²) in [5.41, 5.74) is 4.07. The fourth-order valence-corrected chi connectivity index (χ4v) is 2.25. The number of hydrazone groups is 1. The van der Waals surface area contributed by atoms with Crippen molar-refractivity contribution in [3.05, 3.63) is 63.6 Å². The first kappa shape index (κ1) is 17.0. The molecule has 2 aromatic carbocycles. The third-order valence-electron chi connectivity index (χ3n) is 2.84. The van der Waals surface area contributed by atoms with Crippen LogP contribution in [0.4, 0.5) is 5.69 Å². The molecule has 5 nitrogen and oxygen atoms in total. The molecule has 0 aromatic heterocycles. The van der Waals surface area contributed by atoms with Gasteiger partial charge in [0.2, 0.25) is 0 Å². The van der Waals surface area contributed by atoms with Crippen molar-refractivity contribution in [1.82, 2.24) is 5.43 Å². The van der Waals surface area contributed by atoms with Crippen LogP contribution in [-0.2, 0) is 9.59 Å². The number of anilines is 1. The summed E-state index contributed by atoms with van der Waals surface area (Å²) in [7, 11) is 0. The Bertz CT molecular complexity index is 755. The maximum absolute atomic E-state index is 11.8. The molecule has 2 aromatic rings. The highest BCUT2D eigenvalue weighted by molar-refractivity contribution is 6.40. The number of amides is 2. The number of halogens is 2. The zero-order valence-electron chi connectivity index (χ0n) is 12.1. The molecule has 0 saturated carbocycles. The zero-order valence-corrected chi connectivity index (χ0v) is 13.7. The highest BCUT2D eigenvalue weighted by atomic mass is 35.5. The van der Waals surface area contributed by atoms with Gasteiger partial charge in [-0.25, -0.2) is 5.43 Å². The summed E-state index contributed by atoms with van der Waals surface area (Å²) >= 11 is 11.9. The number of nitrogens with one attached hydrogen (secondary N) is 2. The minimum absolute atomic E-state index is 0.389. The monoisotopic (exact) mass is 349 g/mol. The van der Waals surface area contributed by atoms with Crippen molar-refractivity contribution >= 4 is 46.9 Å². The molecule has 0 heterocycles. The zero-order chi connectivity index (χ0) is 16.8. The first-order chi connectivity index (χ1) is 11.0. The van der Waals surface area contributed by atoms with E-state index in [0.29, 0.717) is 21.3 Å². The van der Waals surface area contributed by atoms with Crippen molar-refractivity contribution in [1.29, 1.82) is 0 Å². The molecule has 23 heavy (non-hydrogen) atoms. The maximum atomic E-state index is 11.8. The lowest BCUT2D eigenvalue weighted by Gasteiger charge is -2.05. The summed E-state index contributed by atoms with van der Waals surface area (Å²) in [5.74, 6) is -1.72. The molecule has 0 atom stereocenters. The summed E-state index contributed by atoms with van der Waals surface area (Å²) in [5, 5.41) is 6.94. The Kier molecular flexibility index (Phi) is 5.73. The van der Waals surface area contributed by atoms with Gasteiger partial charge < -0.3 is 5.32 Å². The van der Waals surface area contributed by atoms with Crippen LogP contribution in [0.25, 0.3) is 0 Å². The Morgan fingerprint density at radius 3 is 2.35 bits per heavy atom. The van der Waals surface area contributed by atoms with Gasteiger partial charge in [-0.15, -0.1) is 0 Å². The number of hydrogen-bond donors (Lipinski definition) is 2. The van der Waals surface area contributed by atoms with Gasteiger partial charge in [0, 0.05) is 11.3 Å². The number of hydrogen-bond acceptors (Lipinski definition) is 3. The first-order valence-corrected chi connectivity index (χ1v) is 7.38. The van der Waals surface area contributed by atoms with Crippen LogP contribution in [0, 0.1) is 6.92 Å². The van der Waals surface area contributed by atoms with Gasteiger partial charge in [0.25, 0.3) is 0 Å². The number of nitrogens with zero attached hydrogens (tertiary/aromatic N) is 1. The Morgan fingerprint density at radius 2 is 1.70 bits per heavy atom. The number of benzene rings is 2. The second kappa shape index (κ2) is 7.76. The molecule has 0 fully saturated rings. The summed E-state index contributed by atoms with van der Waals surface area (Å²) in [6.45, 7) is 1.88. The minimum atomic E-state index is -0.897. The van der Waals surface area contributed by atoms with Gasteiger partial charge >= 0.3 is 11.8 Å². The fraction of sp³-hybridized carbons (Fsp3) is 0.0625. The quantitative estimate of drug-likeness (QED) is 0.506. The second-order valence-electron chi connectivity index (χ2n) is 4.66. The minimum Gasteiger partial charge on any atom is -0.318 e. The lowest BCUT2D eigenvalue weighted by atomic mass is 10.2. The Labute approximate surface area is 143 Å². The standard InChI is InChI=1S/C16H13Cl2N3O2/c1-10-4-2-5-11(8-10)20-15(22)16(23)21-19-9-12-13(17)6-3-7-14(12)18/h2-9H,1H3,(H,20,22)(H,21,23)/b19-9-. The van der Waals surface area contributed by atoms with Crippen molar-refractivity contribution in [2.75, 3.05) is 5.32 Å². The molecule has 0 saturated heterocycles. The normalized spacial score (nSPS) is 10.6. The highest BCUT2D eigenvalue weighted by Crippen LogP contribution is 2.21. The van der Waals surface area contributed by atoms with Crippen LogP contribution >= 0.6 is 23.2 Å². The molecule has 0 aliphatic heterocycles. The van der Waals surface area contributed by atoms with Crippen LogP contribution in [0.2, 0.25) is 10.0 Å². The van der Waals surface area contributed by atoms with E-state index in [1.165, 1.54) is 6.21 Å². The van der Waals surface area contributed by atoms with Gasteiger partial charge in [-0.05, 0) is 36.8 Å². The van der Waals surface area contributed by atoms with Crippen LogP contribution in [0.5, 0.6) is 0 Å². The van der Waals surface area contributed by atoms with E-state index >= 15 is 0 Å². The topological polar surface area (TPSA) is 70.6 Å². The highest BCUT2D eigenvalue weighted by Gasteiger charge is 2.13. The van der Waals surface area contributed by atoms with Gasteiger partial charge in [-0.1, -0.05) is 41.4 Å². The van der Waals surface area contributed by atoms with Crippen molar-refractivity contribution in [3.63, 3.8) is 0 Å². The van der Waals surface area contributed by atoms with Crippen molar-refractivity contribution in [2.24, 2.45) is 5.10 Å². The Balaban J connectivity index is 1.96. The molecule has 0 bridgehead atoms. The summed E-state index contributed by atoms with van der Waals surface area (Å²) in [6, 6.07) is 12.1. The molecule has 0 aliphatic carbocycles. The Morgan fingerprint density at radius 1 is 1.04 bits per heavy atom. The molecule has 2 rings (SSSR count). The summed E-state index contributed by atoms with van der Waals surface area (Å²) < 4.78 is 0. The van der Waals surface area contributed by atoms with E-state index in [-0.39, 0.29) is 0 Å². The van der Waals surface area contributed by atoms with Crippen LogP contribution in [0.3, 0.4) is 0 Å². The molecule has 7 heteroatoms. The van der Waals surface area contributed by atoms with E-state index in [0.717, 1.165) is 5.56 Å². The number of rotatable bonds is 3. The molecule has 0 aliphatic rings. The summed E-state index contributed by atoms with van der Waals surface area (Å²) in [4.78, 5) is 23.4. The van der Waals surface area contributed by atoms with Crippen LogP contribution in [-0.4, -0.2) is 18.0 Å². The van der Waals surface area contributed by atoms with E-state index in [4.69, 9.17) is 23.2 Å². The van der Waals surface area contributed by atoms with E-state index < -0.39 is 11.8 Å². The predicted molar refractivity (Wildman–Crippen MR) is 92.0 cm³/mol. The smallest absolute Gasteiger partial charge is 0.318 e. The summed E-state index contributed by atoms with van der Waals surface area (Å²) in [6.07, 6.45) is 1.28. The molecular formula is C16H13Cl2N3O2. The van der Waals surface area contributed by atoms with E-state index in [1.807, 2.05) is 13.0 Å². The van der Waals surface area contributed by atoms with Crippen molar-refractivity contribution in [3.8, 4) is 0 Å². The van der Waals surface area contributed by atoms with Gasteiger partial charge in [-0.2, -0.15) is 5.10 Å². The van der Waals surface area contributed by atoms with Gasteiger partial charge in [-0.3, -0.25) is 9.59 Å². The van der Waals surface area contributed by atoms with Crippen molar-refractivity contribution in [2.45, 2.75) is 6.92 Å². The molecule has 2 N–H and O–H groups in total. The molecule has 118 valence electrons. The molecular weight excluding hydrogens is 337 g/mol. The third kappa shape index (κ3) is 4.81. The average Bonchev–Trinajstić information content (AvgIpc) is 2.50. The maximum Gasteiger partial charge on any atom is 0.329 e. The average molecular weight is 350 g/mol. The number of carbonyl (C=O) groups excluding carboxylic acids is 2. The second-order valence-corrected chi connectivity index (χ2v) is 5.47. The third-order valence-corrected chi connectivity index (χ3v) is 3.50. The number of carbonyl (C=O) groups is 2. The van der Waals surface area contributed by atoms with Gasteiger partial charge in [0.15, 0.2) is 0 Å². The SMILES string of the molecule is Cc1cccc(NC(=O)C(=O)N/N=C\c2c(Cl)cccc2Cl)c1. The van der Waals surface area contributed by atoms with E-state index in [2.05, 4.69) is 15.8 Å². The lowest BCUT2D eigenvalue weighted by molar-refractivity contribution is -0.136. The Hall–Kier alpha value is -2.37. The molecule has 2 amide bonds. The molecule has 0 radical (unpaired) electrons. The lowest BCUT2D eigenvalue weighted by Crippen LogP contribution is -2.32.